The third-order valence-corrected chi connectivity index (χ3v) is 14.0. The van der Waals surface area contributed by atoms with E-state index in [-0.39, 0.29) is 41.2 Å². The summed E-state index contributed by atoms with van der Waals surface area (Å²) in [5.41, 5.74) is -3.66. The average molecular weight is 967 g/mol. The van der Waals surface area contributed by atoms with Gasteiger partial charge in [-0.25, -0.2) is 17.9 Å². The standard InChI is InChI=1S/C44H48F6N6O10S/c1-5-26-21-42(26,39(60)54-67(62,63)31-18-19-31)53-36(57)33-20-27(23-55(33)38(59)35(41(2,3)4)52-40(61)64-28-8-6-7-9-28)56-37(58)34(25-12-16-30(17-13-25)66-44(48,49)50)32(22-51-56)24-10-14-29(15-11-24)65-43(45,46)47/h5,10-17,22,26-28,31,33,35H,1,6-9,18-21,23H2,2-4H3,(H,52,61)(H,53,57)(H,54,60)/t26-,27-,33+,35-,42-/m1/s1. The molecule has 2 heterocycles. The lowest BCUT2D eigenvalue weighted by Crippen LogP contribution is -2.60. The van der Waals surface area contributed by atoms with Crippen LogP contribution in [0.4, 0.5) is 31.1 Å². The lowest BCUT2D eigenvalue weighted by Gasteiger charge is -2.35. The van der Waals surface area contributed by atoms with Crippen LogP contribution in [0.25, 0.3) is 22.3 Å². The van der Waals surface area contributed by atoms with Crippen molar-refractivity contribution in [2.24, 2.45) is 11.3 Å². The van der Waals surface area contributed by atoms with Gasteiger partial charge in [0.05, 0.1) is 23.1 Å². The van der Waals surface area contributed by atoms with Crippen LogP contribution >= 0.6 is 0 Å². The van der Waals surface area contributed by atoms with E-state index in [9.17, 15) is 58.7 Å². The first-order chi connectivity index (χ1) is 31.3. The Hall–Kier alpha value is -6.13. The minimum atomic E-state index is -5.05. The Bertz CT molecular complexity index is 2570. The number of hydrogen-bond acceptors (Lipinski definition) is 11. The summed E-state index contributed by atoms with van der Waals surface area (Å²) >= 11 is 0. The van der Waals surface area contributed by atoms with Crippen LogP contribution in [-0.4, -0.2) is 95.2 Å². The van der Waals surface area contributed by atoms with Crippen molar-refractivity contribution in [3.8, 4) is 33.8 Å². The molecule has 5 atom stereocenters. The Morgan fingerprint density at radius 1 is 0.881 bits per heavy atom. The SMILES string of the molecule is C=C[C@@H]1C[C@]1(NC(=O)[C@@H]1C[C@@H](n2ncc(-c3ccc(OC(F)(F)F)cc3)c(-c3ccc(OC(F)(F)F)cc3)c2=O)CN1C(=O)[C@@H](NC(=O)OC1CCCC1)C(C)(C)C)C(=O)NS(=O)(=O)C1CC1. The minimum absolute atomic E-state index is 0.0255. The molecule has 23 heteroatoms. The molecule has 4 aliphatic rings. The van der Waals surface area contributed by atoms with Crippen molar-refractivity contribution in [2.75, 3.05) is 6.54 Å². The van der Waals surface area contributed by atoms with Gasteiger partial charge >= 0.3 is 18.8 Å². The normalized spacial score (nSPS) is 22.6. The van der Waals surface area contributed by atoms with E-state index in [2.05, 4.69) is 36.5 Å². The zero-order chi connectivity index (χ0) is 48.9. The topological polar surface area (TPSA) is 204 Å². The predicted octanol–water partition coefficient (Wildman–Crippen LogP) is 6.27. The molecule has 7 rings (SSSR count). The number of amides is 4. The van der Waals surface area contributed by atoms with E-state index in [1.54, 1.807) is 20.8 Å². The second-order valence-electron chi connectivity index (χ2n) is 18.2. The van der Waals surface area contributed by atoms with Gasteiger partial charge in [0.25, 0.3) is 11.5 Å². The smallest absolute Gasteiger partial charge is 0.446 e. The fourth-order valence-corrected chi connectivity index (χ4v) is 9.87. The fraction of sp³-hybridized carbons (Fsp3) is 0.500. The molecule has 3 aliphatic carbocycles. The summed E-state index contributed by atoms with van der Waals surface area (Å²) in [5, 5.41) is 8.92. The van der Waals surface area contributed by atoms with Crippen LogP contribution in [0.15, 0.2) is 72.2 Å². The summed E-state index contributed by atoms with van der Waals surface area (Å²) in [5.74, 6) is -4.61. The highest BCUT2D eigenvalue weighted by molar-refractivity contribution is 7.91. The Morgan fingerprint density at radius 2 is 1.45 bits per heavy atom. The monoisotopic (exact) mass is 966 g/mol. The maximum Gasteiger partial charge on any atom is 0.573 e. The van der Waals surface area contributed by atoms with Crippen molar-refractivity contribution in [1.82, 2.24) is 30.0 Å². The van der Waals surface area contributed by atoms with Crippen LogP contribution < -0.4 is 30.4 Å². The van der Waals surface area contributed by atoms with Crippen LogP contribution in [0.5, 0.6) is 11.5 Å². The van der Waals surface area contributed by atoms with Crippen molar-refractivity contribution >= 4 is 33.8 Å². The molecule has 4 fully saturated rings. The number of likely N-dealkylation sites (tertiary alicyclic amines) is 1. The van der Waals surface area contributed by atoms with E-state index < -0.39 is 110 Å². The van der Waals surface area contributed by atoms with E-state index in [1.165, 1.54) is 24.4 Å². The molecule has 0 radical (unpaired) electrons. The number of carbonyl (C=O) groups excluding carboxylic acids is 4. The number of aromatic nitrogens is 2. The summed E-state index contributed by atoms with van der Waals surface area (Å²) in [6, 6.07) is 4.61. The molecule has 0 bridgehead atoms. The maximum absolute atomic E-state index is 14.8. The molecular weight excluding hydrogens is 919 g/mol. The number of ether oxygens (including phenoxy) is 3. The van der Waals surface area contributed by atoms with E-state index in [0.717, 1.165) is 58.8 Å². The number of alkyl halides is 6. The maximum atomic E-state index is 14.8. The molecule has 1 aliphatic heterocycles. The fourth-order valence-electron chi connectivity index (χ4n) is 8.51. The van der Waals surface area contributed by atoms with Gasteiger partial charge in [-0.05, 0) is 85.8 Å². The molecule has 3 aromatic rings. The summed E-state index contributed by atoms with van der Waals surface area (Å²) in [6.07, 6.45) is -5.46. The molecule has 1 aromatic heterocycles. The van der Waals surface area contributed by atoms with Crippen LogP contribution in [0.1, 0.15) is 78.2 Å². The summed E-state index contributed by atoms with van der Waals surface area (Å²) in [6.45, 7) is 8.30. The van der Waals surface area contributed by atoms with Gasteiger partial charge < -0.3 is 29.7 Å². The van der Waals surface area contributed by atoms with Crippen molar-refractivity contribution in [1.29, 1.82) is 0 Å². The van der Waals surface area contributed by atoms with E-state index >= 15 is 0 Å². The molecule has 16 nitrogen and oxygen atoms in total. The van der Waals surface area contributed by atoms with Gasteiger partial charge in [0, 0.05) is 24.4 Å². The van der Waals surface area contributed by atoms with Gasteiger partial charge in [-0.15, -0.1) is 32.9 Å². The third-order valence-electron chi connectivity index (χ3n) is 12.2. The van der Waals surface area contributed by atoms with Gasteiger partial charge in [0.15, 0.2) is 0 Å². The van der Waals surface area contributed by atoms with Gasteiger partial charge in [0.1, 0.15) is 35.2 Å². The van der Waals surface area contributed by atoms with Gasteiger partial charge in [-0.1, -0.05) is 51.1 Å². The van der Waals surface area contributed by atoms with Gasteiger partial charge in [-0.3, -0.25) is 23.9 Å². The Labute approximate surface area is 380 Å². The van der Waals surface area contributed by atoms with E-state index in [1.807, 2.05) is 0 Å². The molecule has 3 N–H and O–H groups in total. The number of rotatable bonds is 14. The number of carbonyl (C=O) groups is 4. The van der Waals surface area contributed by atoms with Crippen molar-refractivity contribution in [3.05, 3.63) is 77.7 Å². The van der Waals surface area contributed by atoms with Crippen LogP contribution in [0.3, 0.4) is 0 Å². The second kappa shape index (κ2) is 18.2. The quantitative estimate of drug-likeness (QED) is 0.121. The Kier molecular flexibility index (Phi) is 13.2. The average Bonchev–Trinajstić information content (AvgIpc) is 4.11. The largest absolute Gasteiger partial charge is 0.573 e. The number of hydrogen-bond donors (Lipinski definition) is 3. The summed E-state index contributed by atoms with van der Waals surface area (Å²) in [7, 11) is -4.06. The Balaban J connectivity index is 1.27. The Morgan fingerprint density at radius 3 is 1.96 bits per heavy atom. The summed E-state index contributed by atoms with van der Waals surface area (Å²) in [4.78, 5) is 72.3. The van der Waals surface area contributed by atoms with Crippen molar-refractivity contribution in [3.63, 3.8) is 0 Å². The number of halogens is 6. The minimum Gasteiger partial charge on any atom is -0.446 e. The van der Waals surface area contributed by atoms with Crippen molar-refractivity contribution < 1.29 is 68.1 Å². The number of sulfonamides is 1. The number of benzene rings is 2. The molecule has 3 saturated carbocycles. The highest BCUT2D eigenvalue weighted by Gasteiger charge is 2.62. The first kappa shape index (κ1) is 48.8. The molecule has 362 valence electrons. The molecule has 67 heavy (non-hydrogen) atoms. The van der Waals surface area contributed by atoms with Crippen LogP contribution in [-0.2, 0) is 29.1 Å². The molecule has 1 saturated heterocycles. The number of alkyl carbamates (subject to hydrolysis) is 1. The van der Waals surface area contributed by atoms with E-state index in [4.69, 9.17) is 4.74 Å². The molecule has 4 amide bonds. The van der Waals surface area contributed by atoms with Gasteiger partial charge in [0.2, 0.25) is 21.8 Å². The lowest BCUT2D eigenvalue weighted by molar-refractivity contribution is -0.275. The molecule has 0 spiro atoms. The van der Waals surface area contributed by atoms with Crippen LogP contribution in [0.2, 0.25) is 0 Å². The van der Waals surface area contributed by atoms with Crippen LogP contribution in [0, 0.1) is 11.3 Å². The molecule has 2 aromatic carbocycles. The second-order valence-corrected chi connectivity index (χ2v) is 20.1. The first-order valence-corrected chi connectivity index (χ1v) is 23.0. The highest BCUT2D eigenvalue weighted by atomic mass is 32.2. The zero-order valence-corrected chi connectivity index (χ0v) is 37.2. The van der Waals surface area contributed by atoms with E-state index in [0.29, 0.717) is 25.7 Å². The summed E-state index contributed by atoms with van der Waals surface area (Å²) < 4.78 is 120. The highest BCUT2D eigenvalue weighted by Crippen LogP contribution is 2.46. The molecule has 0 unspecified atom stereocenters. The molecular formula is C44H48F6N6O10S. The first-order valence-electron chi connectivity index (χ1n) is 21.4. The number of nitrogens with zero attached hydrogens (tertiary/aromatic N) is 3. The van der Waals surface area contributed by atoms with Crippen molar-refractivity contribution in [2.45, 2.75) is 120 Å². The zero-order valence-electron chi connectivity index (χ0n) is 36.4. The lowest BCUT2D eigenvalue weighted by atomic mass is 9.85. The predicted molar refractivity (Wildman–Crippen MR) is 226 cm³/mol. The third kappa shape index (κ3) is 11.2. The number of nitrogens with one attached hydrogen (secondary N) is 3. The van der Waals surface area contributed by atoms with Gasteiger partial charge in [-0.2, -0.15) is 5.10 Å².